The van der Waals surface area contributed by atoms with Crippen LogP contribution in [0.2, 0.25) is 0 Å². The molecule has 4 atom stereocenters. The first-order chi connectivity index (χ1) is 8.49. The number of piperidine rings is 1. The Bertz CT molecular complexity index is 321. The maximum Gasteiger partial charge on any atom is 0.230 e. The van der Waals surface area contributed by atoms with E-state index in [4.69, 9.17) is 10.5 Å². The molecule has 1 heterocycles. The largest absolute Gasteiger partial charge is 0.379 e. The Labute approximate surface area is 110 Å². The first-order valence-electron chi connectivity index (χ1n) is 7.07. The number of methoxy groups -OCH3 is 1. The van der Waals surface area contributed by atoms with E-state index >= 15 is 0 Å². The highest BCUT2D eigenvalue weighted by Gasteiger charge is 2.46. The second-order valence-corrected chi connectivity index (χ2v) is 6.21. The third kappa shape index (κ3) is 2.28. The summed E-state index contributed by atoms with van der Waals surface area (Å²) in [5, 5.41) is 0. The van der Waals surface area contributed by atoms with Crippen LogP contribution in [0.3, 0.4) is 0 Å². The lowest BCUT2D eigenvalue weighted by atomic mass is 9.82. The van der Waals surface area contributed by atoms with Crippen LogP contribution in [0.15, 0.2) is 0 Å². The van der Waals surface area contributed by atoms with Crippen molar-refractivity contribution in [3.8, 4) is 0 Å². The molecule has 0 radical (unpaired) electrons. The number of amides is 1. The number of carbonyl (C=O) groups is 1. The van der Waals surface area contributed by atoms with Gasteiger partial charge in [-0.05, 0) is 32.1 Å². The first-order valence-corrected chi connectivity index (χ1v) is 7.07. The molecular weight excluding hydrogens is 228 g/mol. The average Bonchev–Trinajstić information content (AvgIpc) is 2.70. The summed E-state index contributed by atoms with van der Waals surface area (Å²) < 4.78 is 5.48. The number of carbonyl (C=O) groups excluding carboxylic acids is 1. The molecule has 18 heavy (non-hydrogen) atoms. The minimum atomic E-state index is -0.348. The van der Waals surface area contributed by atoms with Gasteiger partial charge in [0, 0.05) is 26.2 Å². The number of nitrogens with two attached hydrogens (primary N) is 1. The number of likely N-dealkylation sites (tertiary alicyclic amines) is 1. The minimum absolute atomic E-state index is 0.0188. The SMILES string of the molecule is COC1CN(C(=O)C2(C)CCCC2N)CCC1C. The lowest BCUT2D eigenvalue weighted by Crippen LogP contribution is -2.54. The summed E-state index contributed by atoms with van der Waals surface area (Å²) in [6, 6.07) is 0.0188. The molecule has 104 valence electrons. The Morgan fingerprint density at radius 3 is 2.72 bits per heavy atom. The number of hydrogen-bond donors (Lipinski definition) is 1. The molecule has 4 nitrogen and oxygen atoms in total. The van der Waals surface area contributed by atoms with Gasteiger partial charge in [-0.2, -0.15) is 0 Å². The van der Waals surface area contributed by atoms with Gasteiger partial charge in [0.15, 0.2) is 0 Å². The Kier molecular flexibility index (Phi) is 3.97. The van der Waals surface area contributed by atoms with Crippen molar-refractivity contribution in [2.24, 2.45) is 17.1 Å². The highest BCUT2D eigenvalue weighted by molar-refractivity contribution is 5.83. The van der Waals surface area contributed by atoms with Gasteiger partial charge < -0.3 is 15.4 Å². The summed E-state index contributed by atoms with van der Waals surface area (Å²) in [5.74, 6) is 0.769. The van der Waals surface area contributed by atoms with E-state index in [0.29, 0.717) is 5.92 Å². The van der Waals surface area contributed by atoms with Crippen molar-refractivity contribution in [1.29, 1.82) is 0 Å². The number of hydrogen-bond acceptors (Lipinski definition) is 3. The summed E-state index contributed by atoms with van der Waals surface area (Å²) in [7, 11) is 1.73. The van der Waals surface area contributed by atoms with Crippen LogP contribution in [0.5, 0.6) is 0 Å². The van der Waals surface area contributed by atoms with Crippen molar-refractivity contribution < 1.29 is 9.53 Å². The molecule has 0 aromatic carbocycles. The van der Waals surface area contributed by atoms with Crippen molar-refractivity contribution in [2.75, 3.05) is 20.2 Å². The van der Waals surface area contributed by atoms with E-state index < -0.39 is 0 Å². The number of rotatable bonds is 2. The summed E-state index contributed by atoms with van der Waals surface area (Å²) in [6.45, 7) is 5.80. The van der Waals surface area contributed by atoms with Crippen molar-refractivity contribution in [3.63, 3.8) is 0 Å². The fourth-order valence-electron chi connectivity index (χ4n) is 3.35. The predicted octanol–water partition coefficient (Wildman–Crippen LogP) is 1.39. The van der Waals surface area contributed by atoms with Crippen molar-refractivity contribution >= 4 is 5.91 Å². The van der Waals surface area contributed by atoms with Crippen molar-refractivity contribution in [1.82, 2.24) is 4.90 Å². The molecule has 2 aliphatic rings. The van der Waals surface area contributed by atoms with E-state index in [1.54, 1.807) is 7.11 Å². The van der Waals surface area contributed by atoms with Crippen molar-refractivity contribution in [3.05, 3.63) is 0 Å². The van der Waals surface area contributed by atoms with Crippen LogP contribution in [0, 0.1) is 11.3 Å². The van der Waals surface area contributed by atoms with Crippen LogP contribution in [-0.4, -0.2) is 43.2 Å². The lowest BCUT2D eigenvalue weighted by molar-refractivity contribution is -0.146. The van der Waals surface area contributed by atoms with Crippen LogP contribution in [0.1, 0.15) is 39.5 Å². The van der Waals surface area contributed by atoms with Gasteiger partial charge in [0.1, 0.15) is 0 Å². The van der Waals surface area contributed by atoms with Gasteiger partial charge in [-0.1, -0.05) is 13.3 Å². The normalized spacial score (nSPS) is 41.1. The average molecular weight is 254 g/mol. The molecule has 2 fully saturated rings. The molecule has 0 bridgehead atoms. The molecular formula is C14H26N2O2. The maximum absolute atomic E-state index is 12.7. The van der Waals surface area contributed by atoms with Gasteiger partial charge >= 0.3 is 0 Å². The molecule has 1 amide bonds. The second-order valence-electron chi connectivity index (χ2n) is 6.21. The van der Waals surface area contributed by atoms with Gasteiger partial charge in [-0.15, -0.1) is 0 Å². The monoisotopic (exact) mass is 254 g/mol. The third-order valence-corrected chi connectivity index (χ3v) is 5.00. The van der Waals surface area contributed by atoms with E-state index in [-0.39, 0.29) is 23.5 Å². The molecule has 0 aromatic rings. The molecule has 4 heteroatoms. The van der Waals surface area contributed by atoms with E-state index in [1.165, 1.54) is 0 Å². The van der Waals surface area contributed by atoms with E-state index in [1.807, 2.05) is 11.8 Å². The fourth-order valence-corrected chi connectivity index (χ4v) is 3.35. The van der Waals surface area contributed by atoms with Gasteiger partial charge in [0.05, 0.1) is 11.5 Å². The van der Waals surface area contributed by atoms with E-state index in [0.717, 1.165) is 38.8 Å². The molecule has 2 N–H and O–H groups in total. The van der Waals surface area contributed by atoms with Gasteiger partial charge in [-0.25, -0.2) is 0 Å². The van der Waals surface area contributed by atoms with E-state index in [2.05, 4.69) is 6.92 Å². The summed E-state index contributed by atoms with van der Waals surface area (Å²) in [5.41, 5.74) is 5.79. The number of nitrogens with zero attached hydrogens (tertiary/aromatic N) is 1. The molecule has 1 aliphatic carbocycles. The smallest absolute Gasteiger partial charge is 0.230 e. The summed E-state index contributed by atoms with van der Waals surface area (Å²) in [6.07, 6.45) is 4.16. The van der Waals surface area contributed by atoms with Crippen LogP contribution in [-0.2, 0) is 9.53 Å². The van der Waals surface area contributed by atoms with Gasteiger partial charge in [0.2, 0.25) is 5.91 Å². The standard InChI is InChI=1S/C14H26N2O2/c1-10-6-8-16(9-11(10)18-3)13(17)14(2)7-4-5-12(14)15/h10-12H,4-9,15H2,1-3H3. The zero-order valence-corrected chi connectivity index (χ0v) is 11.8. The Hall–Kier alpha value is -0.610. The molecule has 4 unspecified atom stereocenters. The van der Waals surface area contributed by atoms with Gasteiger partial charge in [0.25, 0.3) is 0 Å². The van der Waals surface area contributed by atoms with E-state index in [9.17, 15) is 4.79 Å². The summed E-state index contributed by atoms with van der Waals surface area (Å²) in [4.78, 5) is 14.7. The van der Waals surface area contributed by atoms with Crippen LogP contribution < -0.4 is 5.73 Å². The van der Waals surface area contributed by atoms with Gasteiger partial charge in [-0.3, -0.25) is 4.79 Å². The van der Waals surface area contributed by atoms with Crippen LogP contribution in [0.4, 0.5) is 0 Å². The lowest BCUT2D eigenvalue weighted by Gasteiger charge is -2.41. The highest BCUT2D eigenvalue weighted by Crippen LogP contribution is 2.39. The zero-order chi connectivity index (χ0) is 13.3. The summed E-state index contributed by atoms with van der Waals surface area (Å²) >= 11 is 0. The Balaban J connectivity index is 2.05. The number of ether oxygens (including phenoxy) is 1. The molecule has 0 spiro atoms. The molecule has 1 aliphatic heterocycles. The second kappa shape index (κ2) is 5.17. The molecule has 0 aromatic heterocycles. The molecule has 1 saturated carbocycles. The zero-order valence-electron chi connectivity index (χ0n) is 11.8. The predicted molar refractivity (Wildman–Crippen MR) is 71.1 cm³/mol. The third-order valence-electron chi connectivity index (χ3n) is 5.00. The van der Waals surface area contributed by atoms with Crippen LogP contribution >= 0.6 is 0 Å². The van der Waals surface area contributed by atoms with Crippen molar-refractivity contribution in [2.45, 2.75) is 51.7 Å². The van der Waals surface area contributed by atoms with Crippen LogP contribution in [0.25, 0.3) is 0 Å². The maximum atomic E-state index is 12.7. The fraction of sp³-hybridized carbons (Fsp3) is 0.929. The Morgan fingerprint density at radius 2 is 2.17 bits per heavy atom. The molecule has 1 saturated heterocycles. The highest BCUT2D eigenvalue weighted by atomic mass is 16.5. The minimum Gasteiger partial charge on any atom is -0.379 e. The first kappa shape index (κ1) is 13.8. The quantitative estimate of drug-likeness (QED) is 0.810. The molecule has 2 rings (SSSR count). The topological polar surface area (TPSA) is 55.6 Å². The Morgan fingerprint density at radius 1 is 1.44 bits per heavy atom.